The summed E-state index contributed by atoms with van der Waals surface area (Å²) in [5, 5.41) is 36.7. The maximum atomic E-state index is 14.0. The molecule has 2 aromatic heterocycles. The molecule has 0 spiro atoms. The first kappa shape index (κ1) is 56.7. The van der Waals surface area contributed by atoms with Gasteiger partial charge in [-0.1, -0.05) is 80.5 Å². The molecule has 2 aliphatic rings. The molecule has 0 unspecified atom stereocenters. The molecule has 1 aliphatic carbocycles. The molecule has 0 saturated carbocycles. The quantitative estimate of drug-likeness (QED) is 0.0432. The molecule has 76 heavy (non-hydrogen) atoms. The summed E-state index contributed by atoms with van der Waals surface area (Å²) in [5.41, 5.74) is 6.85. The Balaban J connectivity index is 0.716. The first-order chi connectivity index (χ1) is 36.5. The van der Waals surface area contributed by atoms with Gasteiger partial charge >= 0.3 is 0 Å². The number of carbonyl (C=O) groups excluding carboxylic acids is 6. The number of aromatic nitrogens is 2. The van der Waals surface area contributed by atoms with Gasteiger partial charge in [0.2, 0.25) is 23.6 Å². The second kappa shape index (κ2) is 26.6. The smallest absolute Gasteiger partial charge is 0.273 e. The molecule has 1 fully saturated rings. The Kier molecular flexibility index (Phi) is 19.9. The highest BCUT2D eigenvalue weighted by Crippen LogP contribution is 2.33. The van der Waals surface area contributed by atoms with Gasteiger partial charge in [0.1, 0.15) is 17.8 Å². The number of phenols is 1. The van der Waals surface area contributed by atoms with Crippen LogP contribution in [-0.4, -0.2) is 150 Å². The van der Waals surface area contributed by atoms with E-state index in [-0.39, 0.29) is 132 Å². The van der Waals surface area contributed by atoms with Crippen LogP contribution >= 0.6 is 11.3 Å². The zero-order valence-electron chi connectivity index (χ0n) is 43.6. The van der Waals surface area contributed by atoms with Crippen LogP contribution in [0.2, 0.25) is 0 Å². The van der Waals surface area contributed by atoms with Gasteiger partial charge in [0.15, 0.2) is 11.5 Å². The number of fused-ring (bicyclic) bond motifs is 1. The Labute approximate surface area is 445 Å². The highest BCUT2D eigenvalue weighted by Gasteiger charge is 2.44. The van der Waals surface area contributed by atoms with Crippen molar-refractivity contribution in [2.75, 3.05) is 66.3 Å². The van der Waals surface area contributed by atoms with Crippen molar-refractivity contribution in [2.45, 2.75) is 90.6 Å². The lowest BCUT2D eigenvalue weighted by Gasteiger charge is -2.35. The normalized spacial score (nSPS) is 16.4. The maximum absolute atomic E-state index is 14.0. The van der Waals surface area contributed by atoms with E-state index in [1.807, 2.05) is 70.2 Å². The highest BCUT2D eigenvalue weighted by molar-refractivity contribution is 7.13. The van der Waals surface area contributed by atoms with E-state index in [9.17, 15) is 39.0 Å². The van der Waals surface area contributed by atoms with Crippen molar-refractivity contribution in [1.82, 2.24) is 41.2 Å². The van der Waals surface area contributed by atoms with Gasteiger partial charge in [0.25, 0.3) is 11.8 Å². The molecule has 20 nitrogen and oxygen atoms in total. The van der Waals surface area contributed by atoms with Crippen LogP contribution in [-0.2, 0) is 46.4 Å². The van der Waals surface area contributed by atoms with Crippen molar-refractivity contribution in [1.29, 1.82) is 0 Å². The van der Waals surface area contributed by atoms with Gasteiger partial charge in [0.05, 0.1) is 73.4 Å². The van der Waals surface area contributed by atoms with Crippen molar-refractivity contribution >= 4 is 46.8 Å². The number of aliphatic hydroxyl groups excluding tert-OH is 1. The second-order valence-corrected chi connectivity index (χ2v) is 20.8. The first-order valence-electron chi connectivity index (χ1n) is 25.5. The number of aromatic hydroxyl groups is 1. The Hall–Kier alpha value is -7.04. The van der Waals surface area contributed by atoms with Crippen molar-refractivity contribution in [3.8, 4) is 27.5 Å². The molecule has 6 amide bonds. The van der Waals surface area contributed by atoms with Crippen molar-refractivity contribution in [3.63, 3.8) is 0 Å². The monoisotopic (exact) mass is 1060 g/mol. The summed E-state index contributed by atoms with van der Waals surface area (Å²) in [5.74, 6) is -2.36. The second-order valence-electron chi connectivity index (χ2n) is 19.9. The Morgan fingerprint density at radius 1 is 0.882 bits per heavy atom. The third kappa shape index (κ3) is 15.3. The molecular weight excluding hydrogens is 997 g/mol. The van der Waals surface area contributed by atoms with Crippen LogP contribution in [0, 0.1) is 12.3 Å². The van der Waals surface area contributed by atoms with E-state index >= 15 is 0 Å². The van der Waals surface area contributed by atoms with Gasteiger partial charge in [-0.25, -0.2) is 4.98 Å². The molecule has 4 atom stereocenters. The van der Waals surface area contributed by atoms with E-state index in [2.05, 4.69) is 37.5 Å². The fourth-order valence-corrected chi connectivity index (χ4v) is 9.78. The zero-order valence-corrected chi connectivity index (χ0v) is 44.4. The minimum atomic E-state index is -0.962. The van der Waals surface area contributed by atoms with Gasteiger partial charge in [-0.15, -0.1) is 11.3 Å². The predicted octanol–water partition coefficient (Wildman–Crippen LogP) is 4.72. The fourth-order valence-electron chi connectivity index (χ4n) is 8.97. The van der Waals surface area contributed by atoms with Crippen molar-refractivity contribution in [2.24, 2.45) is 5.41 Å². The average molecular weight is 1070 g/mol. The number of phenolic OH excluding ortho intramolecular Hbond substituents is 1. The number of rotatable bonds is 25. The number of benzene rings is 3. The van der Waals surface area contributed by atoms with Crippen LogP contribution in [0.5, 0.6) is 5.75 Å². The van der Waals surface area contributed by atoms with Crippen LogP contribution < -0.4 is 21.3 Å². The number of β-amino-alcohol motifs (C(OH)–C–C–N with tert-alkyl or cyclic N) is 1. The number of thiazole rings is 1. The molecule has 1 saturated heterocycles. The summed E-state index contributed by atoms with van der Waals surface area (Å²) in [6.07, 6.45) is 0.948. The van der Waals surface area contributed by atoms with Gasteiger partial charge in [-0.05, 0) is 59.6 Å². The minimum absolute atomic E-state index is 0.0174. The van der Waals surface area contributed by atoms with E-state index in [1.165, 1.54) is 33.6 Å². The summed E-state index contributed by atoms with van der Waals surface area (Å²) in [6.45, 7) is 9.14. The lowest BCUT2D eigenvalue weighted by molar-refractivity contribution is -0.144. The molecule has 1 aliphatic heterocycles. The van der Waals surface area contributed by atoms with Gasteiger partial charge in [-0.2, -0.15) is 0 Å². The van der Waals surface area contributed by atoms with Crippen LogP contribution in [0.15, 0.2) is 82.8 Å². The molecule has 0 bridgehead atoms. The van der Waals surface area contributed by atoms with Gasteiger partial charge in [0, 0.05) is 64.1 Å². The van der Waals surface area contributed by atoms with E-state index in [0.29, 0.717) is 5.56 Å². The molecule has 5 aromatic rings. The summed E-state index contributed by atoms with van der Waals surface area (Å²) < 4.78 is 22.0. The van der Waals surface area contributed by atoms with Crippen LogP contribution in [0.25, 0.3) is 21.8 Å². The number of carbonyl (C=O) groups is 6. The Morgan fingerprint density at radius 3 is 2.25 bits per heavy atom. The number of aliphatic hydroxyl groups is 1. The van der Waals surface area contributed by atoms with E-state index in [4.69, 9.17) is 18.7 Å². The Bertz CT molecular complexity index is 2810. The van der Waals surface area contributed by atoms with Gasteiger partial charge < -0.3 is 60.0 Å². The average Bonchev–Trinajstić information content (AvgIpc) is 4.24. The molecule has 3 heterocycles. The number of amides is 6. The lowest BCUT2D eigenvalue weighted by Crippen LogP contribution is -2.57. The van der Waals surface area contributed by atoms with Crippen LogP contribution in [0.4, 0.5) is 0 Å². The summed E-state index contributed by atoms with van der Waals surface area (Å²) >= 11 is 1.56. The molecule has 0 radical (unpaired) electrons. The summed E-state index contributed by atoms with van der Waals surface area (Å²) in [4.78, 5) is 87.0. The molecule has 3 aromatic carbocycles. The summed E-state index contributed by atoms with van der Waals surface area (Å²) in [6, 6.07) is 19.7. The third-order valence-electron chi connectivity index (χ3n) is 13.2. The Morgan fingerprint density at radius 2 is 1.57 bits per heavy atom. The zero-order chi connectivity index (χ0) is 54.4. The van der Waals surface area contributed by atoms with E-state index < -0.39 is 41.3 Å². The fraction of sp³-hybridized carbons (Fsp3) is 0.455. The van der Waals surface area contributed by atoms with Crippen molar-refractivity contribution in [3.05, 3.63) is 112 Å². The third-order valence-corrected chi connectivity index (χ3v) is 14.2. The number of ether oxygens (including phenoxy) is 3. The molecule has 6 N–H and O–H groups in total. The SMILES string of the molecule is Cc1ncsc1-c1ccc(CNC(=O)[C@@H]2C[C@@H](O)CN2C(=O)[C@@H](NC(=O)CCOCCOCCOCCC(=O)NCCN(C)C(=O)c2ccc(-c3cc(C(=O)N[C@@H]4CCc5ccccc54)no3)cc2O)C(C)(C)C)cc1. The number of likely N-dealkylation sites (tertiary alicyclic amines) is 1. The van der Waals surface area contributed by atoms with E-state index in [1.54, 1.807) is 30.0 Å². The largest absolute Gasteiger partial charge is 0.507 e. The number of likely N-dealkylation sites (N-methyl/N-ethyl adjacent to an activating group) is 1. The molecule has 7 rings (SSSR count). The minimum Gasteiger partial charge on any atom is -0.507 e. The van der Waals surface area contributed by atoms with Crippen molar-refractivity contribution < 1.29 is 57.7 Å². The number of nitrogens with one attached hydrogen (secondary N) is 4. The number of aryl methyl sites for hydroxylation is 2. The number of hydrogen-bond acceptors (Lipinski definition) is 15. The molecular formula is C55H68N8O12S. The number of nitrogens with zero attached hydrogens (tertiary/aromatic N) is 4. The maximum Gasteiger partial charge on any atom is 0.273 e. The molecule has 21 heteroatoms. The molecule has 406 valence electrons. The predicted molar refractivity (Wildman–Crippen MR) is 282 cm³/mol. The summed E-state index contributed by atoms with van der Waals surface area (Å²) in [7, 11) is 1.56. The van der Waals surface area contributed by atoms with Crippen LogP contribution in [0.1, 0.15) is 95.7 Å². The lowest BCUT2D eigenvalue weighted by atomic mass is 9.85. The number of hydrogen-bond donors (Lipinski definition) is 6. The van der Waals surface area contributed by atoms with Crippen LogP contribution in [0.3, 0.4) is 0 Å². The first-order valence-corrected chi connectivity index (χ1v) is 26.3. The van der Waals surface area contributed by atoms with E-state index in [0.717, 1.165) is 40.1 Å². The van der Waals surface area contributed by atoms with Gasteiger partial charge in [-0.3, -0.25) is 28.8 Å². The highest BCUT2D eigenvalue weighted by atomic mass is 32.1. The topological polar surface area (TPSA) is 264 Å². The standard InChI is InChI=1S/C55H68N8O12S/c1-34-49(76-33-58-34)37-12-10-35(11-13-37)31-57-52(69)44-29-39(64)32-63(44)54(71)50(55(2,3)4)60-48(67)19-23-73-25-27-74-26-24-72-22-18-47(66)56-20-21-62(5)53(70)41-16-14-38(28-45(41)65)46-30-43(61-75-46)51(68)59-42-17-15-36-8-6-7-9-40(36)42/h6-14,16,28,30,33,39,42,44,50,64-65H,15,17-27,29,31-32H2,1-5H3,(H,56,66)(H,57,69)(H,59,68)(H,60,67)/t39-,42-,44+,50-/m1/s1.